The molecule has 0 unspecified atom stereocenters. The van der Waals surface area contributed by atoms with Crippen molar-refractivity contribution in [2.45, 2.75) is 45.4 Å². The van der Waals surface area contributed by atoms with E-state index in [1.165, 1.54) is 37.8 Å². The van der Waals surface area contributed by atoms with Gasteiger partial charge in [0.15, 0.2) is 0 Å². The summed E-state index contributed by atoms with van der Waals surface area (Å²) in [5.41, 5.74) is 1.38. The van der Waals surface area contributed by atoms with E-state index in [0.717, 1.165) is 12.2 Å². The SMILES string of the molecule is CNCc1cc(OCc2cc(Cl)ccc2F)n(CC2CCCC2)n1.Cl. The summed E-state index contributed by atoms with van der Waals surface area (Å²) >= 11 is 5.94. The molecule has 25 heavy (non-hydrogen) atoms. The van der Waals surface area contributed by atoms with Crippen molar-refractivity contribution < 1.29 is 9.13 Å². The number of ether oxygens (including phenoxy) is 1. The summed E-state index contributed by atoms with van der Waals surface area (Å²) < 4.78 is 21.6. The standard InChI is InChI=1S/C18H23ClFN3O.ClH/c1-21-10-16-9-18(23(22-16)11-13-4-2-3-5-13)24-12-14-8-15(19)6-7-17(14)20;/h6-9,13,21H,2-5,10-12H2,1H3;1H. The highest BCUT2D eigenvalue weighted by molar-refractivity contribution is 6.30. The smallest absolute Gasteiger partial charge is 0.212 e. The third-order valence-electron chi connectivity index (χ3n) is 4.44. The number of rotatable bonds is 7. The Morgan fingerprint density at radius 3 is 2.80 bits per heavy atom. The van der Waals surface area contributed by atoms with E-state index < -0.39 is 0 Å². The summed E-state index contributed by atoms with van der Waals surface area (Å²) in [4.78, 5) is 0. The molecule has 1 aliphatic carbocycles. The molecule has 138 valence electrons. The molecule has 1 aliphatic rings. The van der Waals surface area contributed by atoms with Gasteiger partial charge in [0.1, 0.15) is 12.4 Å². The highest BCUT2D eigenvalue weighted by Gasteiger charge is 2.19. The Labute approximate surface area is 159 Å². The minimum atomic E-state index is -0.309. The summed E-state index contributed by atoms with van der Waals surface area (Å²) in [5, 5.41) is 8.23. The lowest BCUT2D eigenvalue weighted by atomic mass is 10.1. The van der Waals surface area contributed by atoms with Crippen LogP contribution >= 0.6 is 24.0 Å². The van der Waals surface area contributed by atoms with Gasteiger partial charge >= 0.3 is 0 Å². The average Bonchev–Trinajstić information content (AvgIpc) is 3.19. The highest BCUT2D eigenvalue weighted by atomic mass is 35.5. The van der Waals surface area contributed by atoms with Gasteiger partial charge in [-0.1, -0.05) is 24.4 Å². The monoisotopic (exact) mass is 387 g/mol. The zero-order valence-electron chi connectivity index (χ0n) is 14.3. The largest absolute Gasteiger partial charge is 0.473 e. The zero-order valence-corrected chi connectivity index (χ0v) is 15.9. The van der Waals surface area contributed by atoms with Crippen molar-refractivity contribution in [1.29, 1.82) is 0 Å². The highest BCUT2D eigenvalue weighted by Crippen LogP contribution is 2.28. The summed E-state index contributed by atoms with van der Waals surface area (Å²) in [5.74, 6) is 1.03. The van der Waals surface area contributed by atoms with Crippen LogP contribution in [0.15, 0.2) is 24.3 Å². The predicted octanol–water partition coefficient (Wildman–Crippen LogP) is 4.59. The van der Waals surface area contributed by atoms with Gasteiger partial charge in [0.05, 0.1) is 5.69 Å². The molecule has 1 aromatic heterocycles. The fourth-order valence-corrected chi connectivity index (χ4v) is 3.40. The minimum absolute atomic E-state index is 0. The van der Waals surface area contributed by atoms with Gasteiger partial charge in [-0.15, -0.1) is 12.4 Å². The van der Waals surface area contributed by atoms with E-state index in [2.05, 4.69) is 10.4 Å². The Kier molecular flexibility index (Phi) is 7.54. The molecule has 3 rings (SSSR count). The van der Waals surface area contributed by atoms with Crippen molar-refractivity contribution in [3.05, 3.63) is 46.4 Å². The quantitative estimate of drug-likeness (QED) is 0.754. The van der Waals surface area contributed by atoms with E-state index in [1.54, 1.807) is 6.07 Å². The fourth-order valence-electron chi connectivity index (χ4n) is 3.21. The molecule has 7 heteroatoms. The van der Waals surface area contributed by atoms with Crippen LogP contribution in [0.3, 0.4) is 0 Å². The summed E-state index contributed by atoms with van der Waals surface area (Å²) in [6.07, 6.45) is 5.06. The zero-order chi connectivity index (χ0) is 16.9. The Hall–Kier alpha value is -1.30. The molecule has 1 saturated carbocycles. The van der Waals surface area contributed by atoms with E-state index in [-0.39, 0.29) is 24.8 Å². The van der Waals surface area contributed by atoms with Crippen molar-refractivity contribution in [3.8, 4) is 5.88 Å². The number of aromatic nitrogens is 2. The van der Waals surface area contributed by atoms with Gasteiger partial charge in [-0.3, -0.25) is 0 Å². The van der Waals surface area contributed by atoms with Gasteiger partial charge in [-0.2, -0.15) is 5.10 Å². The predicted molar refractivity (Wildman–Crippen MR) is 99.9 cm³/mol. The molecule has 0 spiro atoms. The molecule has 1 aromatic carbocycles. The number of halogens is 3. The molecule has 0 amide bonds. The minimum Gasteiger partial charge on any atom is -0.473 e. The van der Waals surface area contributed by atoms with Gasteiger partial charge in [-0.05, 0) is 44.0 Å². The summed E-state index contributed by atoms with van der Waals surface area (Å²) in [6, 6.07) is 6.43. The maximum atomic E-state index is 13.9. The summed E-state index contributed by atoms with van der Waals surface area (Å²) in [6.45, 7) is 1.68. The second-order valence-corrected chi connectivity index (χ2v) is 6.80. The second-order valence-electron chi connectivity index (χ2n) is 6.36. The molecular formula is C18H24Cl2FN3O. The van der Waals surface area contributed by atoms with Crippen molar-refractivity contribution in [2.24, 2.45) is 5.92 Å². The van der Waals surface area contributed by atoms with Gasteiger partial charge in [0.2, 0.25) is 5.88 Å². The van der Waals surface area contributed by atoms with Crippen molar-refractivity contribution in [3.63, 3.8) is 0 Å². The van der Waals surface area contributed by atoms with E-state index in [0.29, 0.717) is 28.9 Å². The Bertz CT molecular complexity index is 687. The van der Waals surface area contributed by atoms with Crippen LogP contribution in [0.2, 0.25) is 5.02 Å². The van der Waals surface area contributed by atoms with Crippen LogP contribution in [0.25, 0.3) is 0 Å². The van der Waals surface area contributed by atoms with Crippen LogP contribution in [0, 0.1) is 11.7 Å². The van der Waals surface area contributed by atoms with E-state index in [1.807, 2.05) is 17.8 Å². The van der Waals surface area contributed by atoms with Crippen LogP contribution in [-0.4, -0.2) is 16.8 Å². The van der Waals surface area contributed by atoms with Gasteiger partial charge in [0.25, 0.3) is 0 Å². The Balaban J connectivity index is 0.00000225. The van der Waals surface area contributed by atoms with Crippen molar-refractivity contribution >= 4 is 24.0 Å². The molecule has 2 aromatic rings. The maximum absolute atomic E-state index is 13.9. The number of benzene rings is 1. The van der Waals surface area contributed by atoms with Gasteiger partial charge < -0.3 is 10.1 Å². The van der Waals surface area contributed by atoms with E-state index in [9.17, 15) is 4.39 Å². The molecule has 0 atom stereocenters. The molecule has 0 radical (unpaired) electrons. The number of hydrogen-bond acceptors (Lipinski definition) is 3. The average molecular weight is 388 g/mol. The van der Waals surface area contributed by atoms with Gasteiger partial charge in [0, 0.05) is 29.7 Å². The second kappa shape index (κ2) is 9.41. The molecule has 1 heterocycles. The maximum Gasteiger partial charge on any atom is 0.212 e. The number of nitrogens with one attached hydrogen (secondary N) is 1. The molecule has 4 nitrogen and oxygen atoms in total. The fraction of sp³-hybridized carbons (Fsp3) is 0.500. The van der Waals surface area contributed by atoms with E-state index >= 15 is 0 Å². The van der Waals surface area contributed by atoms with Crippen molar-refractivity contribution in [2.75, 3.05) is 7.05 Å². The lowest BCUT2D eigenvalue weighted by molar-refractivity contribution is 0.257. The topological polar surface area (TPSA) is 39.1 Å². The molecule has 1 N–H and O–H groups in total. The van der Waals surface area contributed by atoms with Crippen molar-refractivity contribution in [1.82, 2.24) is 15.1 Å². The number of hydrogen-bond donors (Lipinski definition) is 1. The first-order valence-electron chi connectivity index (χ1n) is 8.43. The number of nitrogens with zero attached hydrogens (tertiary/aromatic N) is 2. The third-order valence-corrected chi connectivity index (χ3v) is 4.68. The lowest BCUT2D eigenvalue weighted by Crippen LogP contribution is -2.12. The normalized spacial score (nSPS) is 14.5. The third kappa shape index (κ3) is 5.33. The van der Waals surface area contributed by atoms with Crippen LogP contribution in [0.4, 0.5) is 4.39 Å². The van der Waals surface area contributed by atoms with Crippen LogP contribution in [0.1, 0.15) is 36.9 Å². The van der Waals surface area contributed by atoms with E-state index in [4.69, 9.17) is 16.3 Å². The van der Waals surface area contributed by atoms with Crippen LogP contribution in [0.5, 0.6) is 5.88 Å². The molecule has 0 bridgehead atoms. The Morgan fingerprint density at radius 2 is 2.08 bits per heavy atom. The first kappa shape index (κ1) is 20.0. The first-order chi connectivity index (χ1) is 11.7. The first-order valence-corrected chi connectivity index (χ1v) is 8.81. The lowest BCUT2D eigenvalue weighted by Gasteiger charge is -2.13. The van der Waals surface area contributed by atoms with Crippen LogP contribution in [-0.2, 0) is 19.7 Å². The summed E-state index contributed by atoms with van der Waals surface area (Å²) in [7, 11) is 1.89. The Morgan fingerprint density at radius 1 is 1.32 bits per heavy atom. The van der Waals surface area contributed by atoms with Crippen LogP contribution < -0.4 is 10.1 Å². The molecule has 0 aliphatic heterocycles. The molecular weight excluding hydrogens is 364 g/mol. The van der Waals surface area contributed by atoms with Gasteiger partial charge in [-0.25, -0.2) is 9.07 Å². The molecule has 0 saturated heterocycles. The molecule has 1 fully saturated rings.